The van der Waals surface area contributed by atoms with E-state index in [1.807, 2.05) is 38.1 Å². The summed E-state index contributed by atoms with van der Waals surface area (Å²) in [5.74, 6) is 0.668. The van der Waals surface area contributed by atoms with Gasteiger partial charge in [0.2, 0.25) is 5.78 Å². The van der Waals surface area contributed by atoms with E-state index in [0.717, 1.165) is 23.8 Å². The molecule has 2 aromatic rings. The number of hydrogen-bond donors (Lipinski definition) is 0. The molecule has 0 N–H and O–H groups in total. The molecule has 1 heterocycles. The van der Waals surface area contributed by atoms with Crippen molar-refractivity contribution in [1.82, 2.24) is 0 Å². The quantitative estimate of drug-likeness (QED) is 0.713. The van der Waals surface area contributed by atoms with Gasteiger partial charge in [0.05, 0.1) is 0 Å². The van der Waals surface area contributed by atoms with Gasteiger partial charge in [-0.05, 0) is 38.0 Å². The van der Waals surface area contributed by atoms with Gasteiger partial charge in [-0.25, -0.2) is 0 Å². The molecule has 1 aromatic carbocycles. The maximum atomic E-state index is 12.1. The Morgan fingerprint density at radius 2 is 2.06 bits per heavy atom. The fourth-order valence-electron chi connectivity index (χ4n) is 1.99. The maximum absolute atomic E-state index is 12.1. The van der Waals surface area contributed by atoms with Gasteiger partial charge in [-0.1, -0.05) is 18.6 Å². The minimum Gasteiger partial charge on any atom is -0.453 e. The second-order valence-electron chi connectivity index (χ2n) is 5.04. The number of carbonyl (C=O) groups excluding carboxylic acids is 1. The molecule has 82 valence electrons. The topological polar surface area (TPSA) is 30.2 Å². The number of hydrogen-bond acceptors (Lipinski definition) is 2. The van der Waals surface area contributed by atoms with Crippen molar-refractivity contribution in [3.05, 3.63) is 35.6 Å². The molecule has 0 saturated heterocycles. The van der Waals surface area contributed by atoms with Gasteiger partial charge in [-0.3, -0.25) is 4.79 Å². The van der Waals surface area contributed by atoms with Crippen LogP contribution in [-0.2, 0) is 0 Å². The number of carbonyl (C=O) groups is 1. The first kappa shape index (κ1) is 9.64. The van der Waals surface area contributed by atoms with Crippen LogP contribution in [0.2, 0.25) is 0 Å². The molecule has 1 saturated carbocycles. The van der Waals surface area contributed by atoms with E-state index in [2.05, 4.69) is 0 Å². The molecule has 1 fully saturated rings. The molecule has 1 aliphatic carbocycles. The van der Waals surface area contributed by atoms with E-state index in [-0.39, 0.29) is 11.2 Å². The smallest absolute Gasteiger partial charge is 0.203 e. The molecule has 0 spiro atoms. The largest absolute Gasteiger partial charge is 0.453 e. The van der Waals surface area contributed by atoms with E-state index in [0.29, 0.717) is 5.76 Å². The van der Waals surface area contributed by atoms with Crippen molar-refractivity contribution < 1.29 is 9.21 Å². The summed E-state index contributed by atoms with van der Waals surface area (Å²) in [7, 11) is 0. The van der Waals surface area contributed by atoms with E-state index in [1.165, 1.54) is 5.56 Å². The van der Waals surface area contributed by atoms with Crippen molar-refractivity contribution in [2.75, 3.05) is 0 Å². The van der Waals surface area contributed by atoms with Crippen molar-refractivity contribution >= 4 is 16.8 Å². The number of fused-ring (bicyclic) bond motifs is 1. The van der Waals surface area contributed by atoms with Crippen LogP contribution in [0.3, 0.4) is 0 Å². The summed E-state index contributed by atoms with van der Waals surface area (Å²) in [6, 6.07) is 7.84. The Bertz CT molecular complexity index is 573. The Morgan fingerprint density at radius 1 is 1.31 bits per heavy atom. The third kappa shape index (κ3) is 1.37. The van der Waals surface area contributed by atoms with Crippen LogP contribution < -0.4 is 0 Å². The molecule has 3 rings (SSSR count). The molecule has 2 nitrogen and oxygen atoms in total. The zero-order chi connectivity index (χ0) is 11.3. The van der Waals surface area contributed by atoms with Crippen LogP contribution in [0, 0.1) is 12.3 Å². The van der Waals surface area contributed by atoms with Gasteiger partial charge in [-0.15, -0.1) is 0 Å². The highest BCUT2D eigenvalue weighted by Gasteiger charge is 2.46. The van der Waals surface area contributed by atoms with Crippen molar-refractivity contribution in [1.29, 1.82) is 0 Å². The summed E-state index contributed by atoms with van der Waals surface area (Å²) in [6.07, 6.45) is 1.98. The molecule has 1 aliphatic rings. The Hall–Kier alpha value is -1.57. The van der Waals surface area contributed by atoms with Gasteiger partial charge in [-0.2, -0.15) is 0 Å². The molecule has 0 amide bonds. The average Bonchev–Trinajstić information content (AvgIpc) is 2.87. The lowest BCUT2D eigenvalue weighted by atomic mass is 10.0. The number of Topliss-reactive ketones (excluding diaryl/α,β-unsaturated/α-hetero) is 1. The first-order valence-corrected chi connectivity index (χ1v) is 5.63. The van der Waals surface area contributed by atoms with Crippen LogP contribution in [0.25, 0.3) is 11.0 Å². The van der Waals surface area contributed by atoms with Crippen LogP contribution in [0.4, 0.5) is 0 Å². The first-order chi connectivity index (χ1) is 7.58. The molecule has 0 bridgehead atoms. The Balaban J connectivity index is 2.08. The number of aryl methyl sites for hydroxylation is 1. The van der Waals surface area contributed by atoms with E-state index in [9.17, 15) is 4.79 Å². The van der Waals surface area contributed by atoms with Gasteiger partial charge in [0, 0.05) is 10.8 Å². The number of ketones is 1. The molecule has 1 aromatic heterocycles. The van der Waals surface area contributed by atoms with Crippen LogP contribution in [0.1, 0.15) is 35.9 Å². The minimum absolute atomic E-state index is 0.150. The normalized spacial score (nSPS) is 17.6. The third-order valence-electron chi connectivity index (χ3n) is 3.44. The van der Waals surface area contributed by atoms with E-state index in [1.54, 1.807) is 0 Å². The van der Waals surface area contributed by atoms with Crippen molar-refractivity contribution in [2.24, 2.45) is 5.41 Å². The van der Waals surface area contributed by atoms with Gasteiger partial charge in [0.1, 0.15) is 5.58 Å². The van der Waals surface area contributed by atoms with Crippen LogP contribution in [0.5, 0.6) is 0 Å². The lowest BCUT2D eigenvalue weighted by Crippen LogP contribution is -2.10. The summed E-state index contributed by atoms with van der Waals surface area (Å²) in [4.78, 5) is 12.1. The minimum atomic E-state index is -0.150. The van der Waals surface area contributed by atoms with Crippen LogP contribution in [-0.4, -0.2) is 5.78 Å². The van der Waals surface area contributed by atoms with Crippen LogP contribution >= 0.6 is 0 Å². The standard InChI is InChI=1S/C14H14O2/c1-9-3-4-11-10(7-9)8-12(16-11)13(15)14(2)5-6-14/h3-4,7-8H,5-6H2,1-2H3. The second kappa shape index (κ2) is 2.97. The van der Waals surface area contributed by atoms with E-state index in [4.69, 9.17) is 4.42 Å². The highest BCUT2D eigenvalue weighted by atomic mass is 16.3. The first-order valence-electron chi connectivity index (χ1n) is 5.63. The summed E-state index contributed by atoms with van der Waals surface area (Å²) >= 11 is 0. The zero-order valence-corrected chi connectivity index (χ0v) is 9.54. The highest BCUT2D eigenvalue weighted by molar-refractivity contribution is 6.02. The van der Waals surface area contributed by atoms with Crippen molar-refractivity contribution in [3.63, 3.8) is 0 Å². The van der Waals surface area contributed by atoms with Crippen molar-refractivity contribution in [2.45, 2.75) is 26.7 Å². The number of benzene rings is 1. The highest BCUT2D eigenvalue weighted by Crippen LogP contribution is 2.48. The lowest BCUT2D eigenvalue weighted by molar-refractivity contribution is 0.0886. The third-order valence-corrected chi connectivity index (χ3v) is 3.44. The lowest BCUT2D eigenvalue weighted by Gasteiger charge is -2.01. The molecular weight excluding hydrogens is 200 g/mol. The fourth-order valence-corrected chi connectivity index (χ4v) is 1.99. The van der Waals surface area contributed by atoms with Crippen LogP contribution in [0.15, 0.2) is 28.7 Å². The molecule has 16 heavy (non-hydrogen) atoms. The van der Waals surface area contributed by atoms with E-state index < -0.39 is 0 Å². The molecule has 0 atom stereocenters. The zero-order valence-electron chi connectivity index (χ0n) is 9.54. The molecule has 0 aliphatic heterocycles. The van der Waals surface area contributed by atoms with Gasteiger partial charge in [0.25, 0.3) is 0 Å². The molecule has 0 radical (unpaired) electrons. The average molecular weight is 214 g/mol. The Morgan fingerprint density at radius 3 is 2.75 bits per heavy atom. The fraction of sp³-hybridized carbons (Fsp3) is 0.357. The Kier molecular flexibility index (Phi) is 1.79. The SMILES string of the molecule is Cc1ccc2oc(C(=O)C3(C)CC3)cc2c1. The number of furan rings is 1. The summed E-state index contributed by atoms with van der Waals surface area (Å²) < 4.78 is 5.60. The monoisotopic (exact) mass is 214 g/mol. The van der Waals surface area contributed by atoms with Crippen molar-refractivity contribution in [3.8, 4) is 0 Å². The second-order valence-corrected chi connectivity index (χ2v) is 5.04. The molecule has 2 heteroatoms. The van der Waals surface area contributed by atoms with Gasteiger partial charge in [0.15, 0.2) is 5.76 Å². The molecular formula is C14H14O2. The summed E-state index contributed by atoms with van der Waals surface area (Å²) in [5.41, 5.74) is 1.84. The maximum Gasteiger partial charge on any atom is 0.203 e. The predicted octanol–water partition coefficient (Wildman–Crippen LogP) is 3.72. The van der Waals surface area contributed by atoms with E-state index >= 15 is 0 Å². The predicted molar refractivity (Wildman–Crippen MR) is 62.6 cm³/mol. The number of rotatable bonds is 2. The summed E-state index contributed by atoms with van der Waals surface area (Å²) in [5, 5.41) is 1.02. The van der Waals surface area contributed by atoms with Gasteiger partial charge >= 0.3 is 0 Å². The molecule has 0 unspecified atom stereocenters. The van der Waals surface area contributed by atoms with Gasteiger partial charge < -0.3 is 4.42 Å². The Labute approximate surface area is 94.3 Å². The summed E-state index contributed by atoms with van der Waals surface area (Å²) in [6.45, 7) is 4.05.